The molecule has 1 fully saturated rings. The number of nitrogen functional groups attached to an aromatic ring is 1. The summed E-state index contributed by atoms with van der Waals surface area (Å²) in [6.07, 6.45) is 5.91. The lowest BCUT2D eigenvalue weighted by Gasteiger charge is -2.13. The van der Waals surface area contributed by atoms with Gasteiger partial charge >= 0.3 is 0 Å². The molecule has 0 radical (unpaired) electrons. The van der Waals surface area contributed by atoms with Crippen molar-refractivity contribution in [3.05, 3.63) is 30.0 Å². The number of nitrogens with zero attached hydrogens (tertiary/aromatic N) is 1. The minimum absolute atomic E-state index is 0.889. The standard InChI is InChI=1S/C14H19N3/c15-12-4-3-5-13-14(12)11(10-16-13)6-9-17-7-1-2-8-17/h3-5,10,16H,1-2,6-9,15H2. The number of hydrogen-bond donors (Lipinski definition) is 2. The van der Waals surface area contributed by atoms with Crippen molar-refractivity contribution < 1.29 is 0 Å². The summed E-state index contributed by atoms with van der Waals surface area (Å²) >= 11 is 0. The van der Waals surface area contributed by atoms with Crippen LogP contribution < -0.4 is 5.73 Å². The number of nitrogens with one attached hydrogen (secondary N) is 1. The van der Waals surface area contributed by atoms with Crippen LogP contribution in [0.25, 0.3) is 10.9 Å². The van der Waals surface area contributed by atoms with Gasteiger partial charge in [-0.15, -0.1) is 0 Å². The van der Waals surface area contributed by atoms with Crippen molar-refractivity contribution in [1.29, 1.82) is 0 Å². The van der Waals surface area contributed by atoms with Crippen LogP contribution in [0.15, 0.2) is 24.4 Å². The van der Waals surface area contributed by atoms with Gasteiger partial charge in [-0.2, -0.15) is 0 Å². The Bertz CT molecular complexity index is 509. The number of fused-ring (bicyclic) bond motifs is 1. The molecule has 0 spiro atoms. The summed E-state index contributed by atoms with van der Waals surface area (Å²) in [7, 11) is 0. The van der Waals surface area contributed by atoms with Crippen molar-refractivity contribution in [3.8, 4) is 0 Å². The Morgan fingerprint density at radius 1 is 1.24 bits per heavy atom. The zero-order chi connectivity index (χ0) is 11.7. The summed E-state index contributed by atoms with van der Waals surface area (Å²) in [5.74, 6) is 0. The minimum Gasteiger partial charge on any atom is -0.398 e. The van der Waals surface area contributed by atoms with Gasteiger partial charge in [0.2, 0.25) is 0 Å². The molecule has 3 rings (SSSR count). The molecule has 2 aromatic rings. The predicted octanol–water partition coefficient (Wildman–Crippen LogP) is 2.39. The fraction of sp³-hybridized carbons (Fsp3) is 0.429. The normalized spacial score (nSPS) is 16.9. The van der Waals surface area contributed by atoms with Crippen LogP contribution in [-0.4, -0.2) is 29.5 Å². The molecule has 2 heterocycles. The van der Waals surface area contributed by atoms with Gasteiger partial charge in [-0.05, 0) is 50.0 Å². The number of hydrogen-bond acceptors (Lipinski definition) is 2. The van der Waals surface area contributed by atoms with Crippen molar-refractivity contribution in [2.45, 2.75) is 19.3 Å². The van der Waals surface area contributed by atoms with Crippen molar-refractivity contribution in [3.63, 3.8) is 0 Å². The van der Waals surface area contributed by atoms with E-state index in [0.29, 0.717) is 0 Å². The lowest BCUT2D eigenvalue weighted by Crippen LogP contribution is -2.21. The SMILES string of the molecule is Nc1cccc2[nH]cc(CCN3CCCC3)c12. The van der Waals surface area contributed by atoms with Gasteiger partial charge in [-0.3, -0.25) is 0 Å². The molecular formula is C14H19N3. The molecule has 0 unspecified atom stereocenters. The number of H-pyrrole nitrogens is 1. The molecule has 1 aromatic carbocycles. The summed E-state index contributed by atoms with van der Waals surface area (Å²) in [5, 5.41) is 1.21. The van der Waals surface area contributed by atoms with Crippen molar-refractivity contribution in [2.24, 2.45) is 0 Å². The molecular weight excluding hydrogens is 210 g/mol. The van der Waals surface area contributed by atoms with E-state index in [1.165, 1.54) is 36.9 Å². The van der Waals surface area contributed by atoms with Crippen molar-refractivity contribution >= 4 is 16.6 Å². The maximum absolute atomic E-state index is 6.05. The van der Waals surface area contributed by atoms with Gasteiger partial charge in [0.05, 0.1) is 0 Å². The van der Waals surface area contributed by atoms with Crippen LogP contribution in [0.3, 0.4) is 0 Å². The van der Waals surface area contributed by atoms with E-state index >= 15 is 0 Å². The minimum atomic E-state index is 0.889. The summed E-state index contributed by atoms with van der Waals surface area (Å²) in [6, 6.07) is 6.07. The smallest absolute Gasteiger partial charge is 0.0477 e. The molecule has 1 saturated heterocycles. The Balaban J connectivity index is 1.80. The van der Waals surface area contributed by atoms with Crippen LogP contribution in [0.4, 0.5) is 5.69 Å². The molecule has 90 valence electrons. The Morgan fingerprint density at radius 3 is 2.88 bits per heavy atom. The zero-order valence-electron chi connectivity index (χ0n) is 10.1. The van der Waals surface area contributed by atoms with E-state index in [1.54, 1.807) is 0 Å². The third-order valence-corrected chi connectivity index (χ3v) is 3.72. The fourth-order valence-electron chi connectivity index (χ4n) is 2.77. The third-order valence-electron chi connectivity index (χ3n) is 3.72. The van der Waals surface area contributed by atoms with Crippen LogP contribution in [0.2, 0.25) is 0 Å². The molecule has 3 nitrogen and oxygen atoms in total. The first-order chi connectivity index (χ1) is 8.34. The number of aromatic nitrogens is 1. The monoisotopic (exact) mass is 229 g/mol. The molecule has 1 aliphatic heterocycles. The summed E-state index contributed by atoms with van der Waals surface area (Å²) in [4.78, 5) is 5.85. The Labute approximate surface area is 102 Å². The van der Waals surface area contributed by atoms with Crippen LogP contribution in [0.5, 0.6) is 0 Å². The summed E-state index contributed by atoms with van der Waals surface area (Å²) < 4.78 is 0. The maximum Gasteiger partial charge on any atom is 0.0477 e. The quantitative estimate of drug-likeness (QED) is 0.794. The average molecular weight is 229 g/mol. The molecule has 17 heavy (non-hydrogen) atoms. The van der Waals surface area contributed by atoms with Crippen molar-refractivity contribution in [1.82, 2.24) is 9.88 Å². The van der Waals surface area contributed by atoms with Crippen LogP contribution in [0, 0.1) is 0 Å². The van der Waals surface area contributed by atoms with Crippen LogP contribution >= 0.6 is 0 Å². The highest BCUT2D eigenvalue weighted by Crippen LogP contribution is 2.25. The third kappa shape index (κ3) is 2.03. The van der Waals surface area contributed by atoms with Crippen molar-refractivity contribution in [2.75, 3.05) is 25.4 Å². The fourth-order valence-corrected chi connectivity index (χ4v) is 2.77. The number of anilines is 1. The van der Waals surface area contributed by atoms with Crippen LogP contribution in [0.1, 0.15) is 18.4 Å². The second-order valence-electron chi connectivity index (χ2n) is 4.88. The number of nitrogens with two attached hydrogens (primary N) is 1. The van der Waals surface area contributed by atoms with Gasteiger partial charge < -0.3 is 15.6 Å². The van der Waals surface area contributed by atoms with Gasteiger partial charge in [0.1, 0.15) is 0 Å². The Hall–Kier alpha value is -1.48. The van der Waals surface area contributed by atoms with E-state index in [2.05, 4.69) is 22.1 Å². The van der Waals surface area contributed by atoms with E-state index in [-0.39, 0.29) is 0 Å². The van der Waals surface area contributed by atoms with E-state index in [1.807, 2.05) is 12.1 Å². The first-order valence-electron chi connectivity index (χ1n) is 6.41. The second-order valence-corrected chi connectivity index (χ2v) is 4.88. The lowest BCUT2D eigenvalue weighted by atomic mass is 10.1. The molecule has 1 aromatic heterocycles. The van der Waals surface area contributed by atoms with E-state index in [0.717, 1.165) is 24.2 Å². The van der Waals surface area contributed by atoms with Gasteiger partial charge in [-0.1, -0.05) is 6.07 Å². The first-order valence-corrected chi connectivity index (χ1v) is 6.41. The zero-order valence-corrected chi connectivity index (χ0v) is 10.1. The highest BCUT2D eigenvalue weighted by molar-refractivity contribution is 5.93. The number of benzene rings is 1. The lowest BCUT2D eigenvalue weighted by molar-refractivity contribution is 0.344. The highest BCUT2D eigenvalue weighted by Gasteiger charge is 2.12. The first kappa shape index (κ1) is 10.7. The molecule has 3 heteroatoms. The number of rotatable bonds is 3. The van der Waals surface area contributed by atoms with E-state index in [9.17, 15) is 0 Å². The largest absolute Gasteiger partial charge is 0.398 e. The summed E-state index contributed by atoms with van der Waals surface area (Å²) in [5.41, 5.74) is 9.45. The van der Waals surface area contributed by atoms with Gasteiger partial charge in [-0.25, -0.2) is 0 Å². The summed E-state index contributed by atoms with van der Waals surface area (Å²) in [6.45, 7) is 3.68. The Kier molecular flexibility index (Phi) is 2.77. The molecule has 3 N–H and O–H groups in total. The average Bonchev–Trinajstić information content (AvgIpc) is 2.95. The highest BCUT2D eigenvalue weighted by atomic mass is 15.1. The topological polar surface area (TPSA) is 45.1 Å². The Morgan fingerprint density at radius 2 is 2.06 bits per heavy atom. The molecule has 0 aliphatic carbocycles. The maximum atomic E-state index is 6.05. The molecule has 0 amide bonds. The van der Waals surface area contributed by atoms with Gasteiger partial charge in [0, 0.05) is 29.3 Å². The number of likely N-dealkylation sites (tertiary alicyclic amines) is 1. The predicted molar refractivity (Wildman–Crippen MR) is 72.1 cm³/mol. The van der Waals surface area contributed by atoms with Crippen LogP contribution in [-0.2, 0) is 6.42 Å². The molecule has 1 aliphatic rings. The molecule has 0 saturated carbocycles. The van der Waals surface area contributed by atoms with Gasteiger partial charge in [0.25, 0.3) is 0 Å². The van der Waals surface area contributed by atoms with Gasteiger partial charge in [0.15, 0.2) is 0 Å². The molecule has 0 bridgehead atoms. The van der Waals surface area contributed by atoms with E-state index < -0.39 is 0 Å². The second kappa shape index (κ2) is 4.41. The number of aromatic amines is 1. The molecule has 0 atom stereocenters. The van der Waals surface area contributed by atoms with E-state index in [4.69, 9.17) is 5.73 Å².